The summed E-state index contributed by atoms with van der Waals surface area (Å²) in [6.45, 7) is 1.97. The fourth-order valence-corrected chi connectivity index (χ4v) is 3.53. The molecule has 0 bridgehead atoms. The predicted octanol–water partition coefficient (Wildman–Crippen LogP) is 4.58. The molecule has 3 heteroatoms. The van der Waals surface area contributed by atoms with Crippen LogP contribution in [-0.2, 0) is 6.42 Å². The third-order valence-electron chi connectivity index (χ3n) is 3.16. The Bertz CT molecular complexity index is 805. The summed E-state index contributed by atoms with van der Waals surface area (Å²) in [6, 6.07) is 13.8. The first-order valence-corrected chi connectivity index (χ1v) is 7.49. The third-order valence-corrected chi connectivity index (χ3v) is 4.46. The van der Waals surface area contributed by atoms with Gasteiger partial charge in [0.1, 0.15) is 0 Å². The Hall–Kier alpha value is -1.38. The SMILES string of the molecule is CC(Cl)Cc1ccc2sc3ccccc3c(=O)c2c1. The molecule has 2 aromatic carbocycles. The van der Waals surface area contributed by atoms with Crippen molar-refractivity contribution in [3.05, 3.63) is 58.3 Å². The Balaban J connectivity index is 2.30. The summed E-state index contributed by atoms with van der Waals surface area (Å²) in [7, 11) is 0. The van der Waals surface area contributed by atoms with Crippen LogP contribution >= 0.6 is 22.9 Å². The molecule has 0 fully saturated rings. The van der Waals surface area contributed by atoms with Gasteiger partial charge >= 0.3 is 0 Å². The van der Waals surface area contributed by atoms with Crippen LogP contribution in [-0.4, -0.2) is 5.38 Å². The molecule has 1 atom stereocenters. The molecular weight excluding hydrogens is 276 g/mol. The molecule has 0 aliphatic heterocycles. The van der Waals surface area contributed by atoms with E-state index in [1.165, 1.54) is 0 Å². The first kappa shape index (κ1) is 12.6. The van der Waals surface area contributed by atoms with E-state index in [2.05, 4.69) is 6.07 Å². The van der Waals surface area contributed by atoms with E-state index in [9.17, 15) is 4.79 Å². The van der Waals surface area contributed by atoms with Crippen LogP contribution in [0, 0.1) is 0 Å². The van der Waals surface area contributed by atoms with E-state index in [0.29, 0.717) is 0 Å². The fraction of sp³-hybridized carbons (Fsp3) is 0.188. The number of fused-ring (bicyclic) bond motifs is 2. The van der Waals surface area contributed by atoms with Crippen molar-refractivity contribution in [2.75, 3.05) is 0 Å². The zero-order valence-corrected chi connectivity index (χ0v) is 12.1. The lowest BCUT2D eigenvalue weighted by Gasteiger charge is -2.05. The summed E-state index contributed by atoms with van der Waals surface area (Å²) in [5.41, 5.74) is 1.24. The minimum atomic E-state index is 0.0803. The maximum absolute atomic E-state index is 12.5. The molecule has 0 aliphatic rings. The molecule has 0 aliphatic carbocycles. The van der Waals surface area contributed by atoms with E-state index >= 15 is 0 Å². The average Bonchev–Trinajstić information content (AvgIpc) is 2.39. The molecule has 0 radical (unpaired) electrons. The van der Waals surface area contributed by atoms with E-state index in [1.807, 2.05) is 43.3 Å². The van der Waals surface area contributed by atoms with E-state index in [-0.39, 0.29) is 10.8 Å². The molecule has 1 unspecified atom stereocenters. The normalized spacial score (nSPS) is 12.9. The lowest BCUT2D eigenvalue weighted by Crippen LogP contribution is -2.03. The highest BCUT2D eigenvalue weighted by atomic mass is 35.5. The van der Waals surface area contributed by atoms with Gasteiger partial charge in [0, 0.05) is 25.5 Å². The molecule has 0 N–H and O–H groups in total. The van der Waals surface area contributed by atoms with Crippen molar-refractivity contribution in [3.8, 4) is 0 Å². The monoisotopic (exact) mass is 288 g/mol. The van der Waals surface area contributed by atoms with Gasteiger partial charge in [0.2, 0.25) is 0 Å². The van der Waals surface area contributed by atoms with Crippen LogP contribution in [0.5, 0.6) is 0 Å². The van der Waals surface area contributed by atoms with Crippen LogP contribution < -0.4 is 5.43 Å². The Morgan fingerprint density at radius 2 is 1.84 bits per heavy atom. The molecule has 1 heterocycles. The summed E-state index contributed by atoms with van der Waals surface area (Å²) in [5, 5.41) is 1.69. The van der Waals surface area contributed by atoms with Crippen molar-refractivity contribution < 1.29 is 0 Å². The fourth-order valence-electron chi connectivity index (χ4n) is 2.30. The van der Waals surface area contributed by atoms with Crippen LogP contribution in [0.15, 0.2) is 47.3 Å². The standard InChI is InChI=1S/C16H13ClOS/c1-10(17)8-11-6-7-15-13(9-11)16(18)12-4-2-3-5-14(12)19-15/h2-7,9-10H,8H2,1H3. The first-order chi connectivity index (χ1) is 9.15. The minimum absolute atomic E-state index is 0.0803. The second kappa shape index (κ2) is 4.95. The lowest BCUT2D eigenvalue weighted by molar-refractivity contribution is 0.933. The van der Waals surface area contributed by atoms with Gasteiger partial charge in [-0.3, -0.25) is 4.79 Å². The van der Waals surface area contributed by atoms with Crippen molar-refractivity contribution in [2.24, 2.45) is 0 Å². The van der Waals surface area contributed by atoms with Gasteiger partial charge in [-0.2, -0.15) is 0 Å². The first-order valence-electron chi connectivity index (χ1n) is 6.24. The molecule has 3 rings (SSSR count). The smallest absolute Gasteiger partial charge is 0.195 e. The summed E-state index contributed by atoms with van der Waals surface area (Å²) in [6.07, 6.45) is 0.786. The topological polar surface area (TPSA) is 17.1 Å². The number of alkyl halides is 1. The number of benzene rings is 2. The third kappa shape index (κ3) is 2.38. The number of rotatable bonds is 2. The van der Waals surface area contributed by atoms with Crippen LogP contribution in [0.2, 0.25) is 0 Å². The van der Waals surface area contributed by atoms with Gasteiger partial charge in [-0.15, -0.1) is 22.9 Å². The molecule has 96 valence electrons. The van der Waals surface area contributed by atoms with Gasteiger partial charge in [-0.1, -0.05) is 18.2 Å². The number of halogens is 1. The molecule has 0 saturated heterocycles. The van der Waals surface area contributed by atoms with Crippen LogP contribution in [0.25, 0.3) is 20.2 Å². The molecule has 3 aromatic rings. The van der Waals surface area contributed by atoms with Gasteiger partial charge in [-0.05, 0) is 43.2 Å². The Morgan fingerprint density at radius 1 is 1.11 bits per heavy atom. The molecule has 0 amide bonds. The highest BCUT2D eigenvalue weighted by Crippen LogP contribution is 2.25. The summed E-state index contributed by atoms with van der Waals surface area (Å²) >= 11 is 7.68. The maximum Gasteiger partial charge on any atom is 0.195 e. The lowest BCUT2D eigenvalue weighted by atomic mass is 10.1. The van der Waals surface area contributed by atoms with Crippen molar-refractivity contribution >= 4 is 43.1 Å². The molecule has 19 heavy (non-hydrogen) atoms. The quantitative estimate of drug-likeness (QED) is 0.498. The van der Waals surface area contributed by atoms with E-state index < -0.39 is 0 Å². The van der Waals surface area contributed by atoms with Crippen LogP contribution in [0.1, 0.15) is 12.5 Å². The maximum atomic E-state index is 12.5. The minimum Gasteiger partial charge on any atom is -0.289 e. The van der Waals surface area contributed by atoms with Gasteiger partial charge in [-0.25, -0.2) is 0 Å². The summed E-state index contributed by atoms with van der Waals surface area (Å²) in [5.74, 6) is 0. The van der Waals surface area contributed by atoms with Crippen LogP contribution in [0.4, 0.5) is 0 Å². The Morgan fingerprint density at radius 3 is 2.63 bits per heavy atom. The van der Waals surface area contributed by atoms with Crippen molar-refractivity contribution in [1.29, 1.82) is 0 Å². The predicted molar refractivity (Wildman–Crippen MR) is 84.6 cm³/mol. The van der Waals surface area contributed by atoms with Gasteiger partial charge in [0.15, 0.2) is 5.43 Å². The largest absolute Gasteiger partial charge is 0.289 e. The van der Waals surface area contributed by atoms with E-state index in [4.69, 9.17) is 11.6 Å². The zero-order valence-electron chi connectivity index (χ0n) is 10.5. The second-order valence-electron chi connectivity index (χ2n) is 4.74. The highest BCUT2D eigenvalue weighted by Gasteiger charge is 2.07. The Labute approximate surface area is 120 Å². The van der Waals surface area contributed by atoms with Gasteiger partial charge in [0.05, 0.1) is 0 Å². The van der Waals surface area contributed by atoms with Gasteiger partial charge in [0.25, 0.3) is 0 Å². The number of hydrogen-bond donors (Lipinski definition) is 0. The molecule has 0 spiro atoms. The molecule has 1 nitrogen and oxygen atoms in total. The van der Waals surface area contributed by atoms with E-state index in [1.54, 1.807) is 11.3 Å². The molecule has 0 saturated carbocycles. The molecular formula is C16H13ClOS. The van der Waals surface area contributed by atoms with Crippen molar-refractivity contribution in [1.82, 2.24) is 0 Å². The summed E-state index contributed by atoms with van der Waals surface area (Å²) < 4.78 is 2.08. The Kier molecular flexibility index (Phi) is 3.29. The number of hydrogen-bond acceptors (Lipinski definition) is 2. The van der Waals surface area contributed by atoms with Crippen LogP contribution in [0.3, 0.4) is 0 Å². The average molecular weight is 289 g/mol. The van der Waals surface area contributed by atoms with E-state index in [0.717, 1.165) is 32.2 Å². The summed E-state index contributed by atoms with van der Waals surface area (Å²) in [4.78, 5) is 12.5. The molecule has 1 aromatic heterocycles. The zero-order chi connectivity index (χ0) is 13.4. The van der Waals surface area contributed by atoms with Gasteiger partial charge < -0.3 is 0 Å². The second-order valence-corrected chi connectivity index (χ2v) is 6.57. The highest BCUT2D eigenvalue weighted by molar-refractivity contribution is 7.24. The van der Waals surface area contributed by atoms with Crippen molar-refractivity contribution in [2.45, 2.75) is 18.7 Å². The van der Waals surface area contributed by atoms with Crippen molar-refractivity contribution in [3.63, 3.8) is 0 Å².